The van der Waals surface area contributed by atoms with Crippen molar-refractivity contribution in [1.29, 1.82) is 0 Å². The fraction of sp³-hybridized carbons (Fsp3) is 0.182. The summed E-state index contributed by atoms with van der Waals surface area (Å²) >= 11 is 1.44. The zero-order valence-electron chi connectivity index (χ0n) is 7.90. The van der Waals surface area contributed by atoms with E-state index < -0.39 is 0 Å². The van der Waals surface area contributed by atoms with Gasteiger partial charge in [-0.3, -0.25) is 0 Å². The van der Waals surface area contributed by atoms with E-state index in [1.165, 1.54) is 11.5 Å². The first-order chi connectivity index (χ1) is 6.83. The second-order valence-corrected chi connectivity index (χ2v) is 3.87. The van der Waals surface area contributed by atoms with Gasteiger partial charge in [-0.05, 0) is 24.0 Å². The smallest absolute Gasteiger partial charge is 0.0714 e. The van der Waals surface area contributed by atoms with Crippen LogP contribution in [0.2, 0.25) is 0 Å². The largest absolute Gasteiger partial charge is 0.392 e. The van der Waals surface area contributed by atoms with Crippen LogP contribution in [0.15, 0.2) is 30.3 Å². The summed E-state index contributed by atoms with van der Waals surface area (Å²) in [5.41, 5.74) is 3.00. The molecule has 2 aromatic rings. The number of hydrogen-bond acceptors (Lipinski definition) is 3. The highest BCUT2D eigenvalue weighted by Crippen LogP contribution is 2.29. The molecule has 3 heteroatoms. The van der Waals surface area contributed by atoms with Crippen molar-refractivity contribution in [1.82, 2.24) is 4.37 Å². The Bertz CT molecular complexity index is 422. The summed E-state index contributed by atoms with van der Waals surface area (Å²) in [6.07, 6.45) is 0. The van der Waals surface area contributed by atoms with Gasteiger partial charge in [-0.25, -0.2) is 0 Å². The lowest BCUT2D eigenvalue weighted by Crippen LogP contribution is -1.86. The first-order valence-corrected chi connectivity index (χ1v) is 5.21. The molecule has 0 fully saturated rings. The van der Waals surface area contributed by atoms with Gasteiger partial charge >= 0.3 is 0 Å². The molecular formula is C11H11NOS. The first-order valence-electron chi connectivity index (χ1n) is 4.44. The minimum absolute atomic E-state index is 0.0621. The Morgan fingerprint density at radius 1 is 1.29 bits per heavy atom. The molecule has 0 aliphatic rings. The molecule has 2 nitrogen and oxygen atoms in total. The van der Waals surface area contributed by atoms with Crippen molar-refractivity contribution in [3.63, 3.8) is 0 Å². The second-order valence-electron chi connectivity index (χ2n) is 3.10. The van der Waals surface area contributed by atoms with Crippen molar-refractivity contribution >= 4 is 11.5 Å². The molecule has 0 amide bonds. The molecule has 0 saturated heterocycles. The monoisotopic (exact) mass is 205 g/mol. The maximum atomic E-state index is 9.22. The van der Waals surface area contributed by atoms with Gasteiger partial charge in [0.25, 0.3) is 0 Å². The highest BCUT2D eigenvalue weighted by atomic mass is 32.1. The van der Waals surface area contributed by atoms with Gasteiger partial charge in [-0.1, -0.05) is 30.3 Å². The average Bonchev–Trinajstić information content (AvgIpc) is 2.61. The Kier molecular flexibility index (Phi) is 2.61. The lowest BCUT2D eigenvalue weighted by atomic mass is 10.1. The Morgan fingerprint density at radius 3 is 2.64 bits per heavy atom. The van der Waals surface area contributed by atoms with Gasteiger partial charge in [0.15, 0.2) is 0 Å². The summed E-state index contributed by atoms with van der Waals surface area (Å²) in [5.74, 6) is 0. The fourth-order valence-corrected chi connectivity index (χ4v) is 2.29. The molecule has 0 radical (unpaired) electrons. The van der Waals surface area contributed by atoms with Crippen LogP contribution < -0.4 is 0 Å². The molecule has 1 aromatic heterocycles. The summed E-state index contributed by atoms with van der Waals surface area (Å²) in [7, 11) is 0. The Morgan fingerprint density at radius 2 is 2.00 bits per heavy atom. The molecule has 1 heterocycles. The highest BCUT2D eigenvalue weighted by Gasteiger charge is 2.10. The lowest BCUT2D eigenvalue weighted by molar-refractivity contribution is 0.282. The molecule has 0 aliphatic carbocycles. The number of nitrogens with zero attached hydrogens (tertiary/aromatic N) is 1. The van der Waals surface area contributed by atoms with Crippen molar-refractivity contribution in [2.75, 3.05) is 0 Å². The summed E-state index contributed by atoms with van der Waals surface area (Å²) in [6, 6.07) is 10.0. The third kappa shape index (κ3) is 1.56. The van der Waals surface area contributed by atoms with Gasteiger partial charge in [0.2, 0.25) is 0 Å². The van der Waals surface area contributed by atoms with Crippen molar-refractivity contribution in [2.24, 2.45) is 0 Å². The van der Waals surface area contributed by atoms with Crippen LogP contribution in [-0.2, 0) is 6.61 Å². The standard InChI is InChI=1S/C11H11NOS/c1-8-10(7-13)11(14-12-8)9-5-3-2-4-6-9/h2-6,13H,7H2,1H3. The molecule has 1 aromatic carbocycles. The average molecular weight is 205 g/mol. The van der Waals surface area contributed by atoms with Crippen molar-refractivity contribution in [2.45, 2.75) is 13.5 Å². The van der Waals surface area contributed by atoms with Gasteiger partial charge in [0.1, 0.15) is 0 Å². The molecule has 0 bridgehead atoms. The fourth-order valence-electron chi connectivity index (χ4n) is 1.39. The van der Waals surface area contributed by atoms with Gasteiger partial charge in [-0.2, -0.15) is 4.37 Å². The number of hydrogen-bond donors (Lipinski definition) is 1. The molecule has 0 unspecified atom stereocenters. The van der Waals surface area contributed by atoms with Crippen LogP contribution in [0.25, 0.3) is 10.4 Å². The van der Waals surface area contributed by atoms with E-state index in [2.05, 4.69) is 4.37 Å². The summed E-state index contributed by atoms with van der Waals surface area (Å²) in [6.45, 7) is 1.99. The zero-order chi connectivity index (χ0) is 9.97. The number of aryl methyl sites for hydroxylation is 1. The van der Waals surface area contributed by atoms with Crippen molar-refractivity contribution in [3.8, 4) is 10.4 Å². The Hall–Kier alpha value is -1.19. The molecule has 0 aliphatic heterocycles. The van der Waals surface area contributed by atoms with E-state index >= 15 is 0 Å². The van der Waals surface area contributed by atoms with Crippen LogP contribution in [-0.4, -0.2) is 9.48 Å². The van der Waals surface area contributed by atoms with Crippen molar-refractivity contribution < 1.29 is 5.11 Å². The normalized spacial score (nSPS) is 10.4. The molecular weight excluding hydrogens is 194 g/mol. The van der Waals surface area contributed by atoms with E-state index in [1.54, 1.807) is 0 Å². The molecule has 2 rings (SSSR count). The van der Waals surface area contributed by atoms with E-state index in [4.69, 9.17) is 0 Å². The van der Waals surface area contributed by atoms with Crippen LogP contribution in [0.3, 0.4) is 0 Å². The van der Waals surface area contributed by atoms with Crippen molar-refractivity contribution in [3.05, 3.63) is 41.6 Å². The van der Waals surface area contributed by atoms with Gasteiger partial charge in [-0.15, -0.1) is 0 Å². The van der Waals surface area contributed by atoms with E-state index in [1.807, 2.05) is 37.3 Å². The van der Waals surface area contributed by atoms with E-state index in [0.717, 1.165) is 21.7 Å². The SMILES string of the molecule is Cc1nsc(-c2ccccc2)c1CO. The molecule has 0 atom stereocenters. The number of aliphatic hydroxyl groups excluding tert-OH is 1. The number of aliphatic hydroxyl groups is 1. The van der Waals surface area contributed by atoms with Gasteiger partial charge < -0.3 is 5.11 Å². The predicted octanol–water partition coefficient (Wildman–Crippen LogP) is 2.61. The van der Waals surface area contributed by atoms with E-state index in [0.29, 0.717) is 0 Å². The maximum Gasteiger partial charge on any atom is 0.0714 e. The third-order valence-electron chi connectivity index (χ3n) is 2.18. The molecule has 0 saturated carbocycles. The van der Waals surface area contributed by atoms with Crippen LogP contribution in [0.5, 0.6) is 0 Å². The minimum Gasteiger partial charge on any atom is -0.392 e. The van der Waals surface area contributed by atoms with E-state index in [9.17, 15) is 5.11 Å². The number of rotatable bonds is 2. The van der Waals surface area contributed by atoms with Crippen LogP contribution in [0, 0.1) is 6.92 Å². The topological polar surface area (TPSA) is 33.1 Å². The van der Waals surface area contributed by atoms with Gasteiger partial charge in [0.05, 0.1) is 17.2 Å². The summed E-state index contributed by atoms with van der Waals surface area (Å²) < 4.78 is 4.25. The highest BCUT2D eigenvalue weighted by molar-refractivity contribution is 7.09. The second kappa shape index (κ2) is 3.90. The van der Waals surface area contributed by atoms with Crippen LogP contribution in [0.1, 0.15) is 11.3 Å². The Labute approximate surface area is 87.0 Å². The lowest BCUT2D eigenvalue weighted by Gasteiger charge is -1.99. The number of aromatic nitrogens is 1. The predicted molar refractivity (Wildman–Crippen MR) is 58.2 cm³/mol. The minimum atomic E-state index is 0.0621. The van der Waals surface area contributed by atoms with Crippen LogP contribution in [0.4, 0.5) is 0 Å². The molecule has 14 heavy (non-hydrogen) atoms. The molecule has 72 valence electrons. The van der Waals surface area contributed by atoms with Crippen LogP contribution >= 0.6 is 11.5 Å². The van der Waals surface area contributed by atoms with E-state index in [-0.39, 0.29) is 6.61 Å². The summed E-state index contributed by atoms with van der Waals surface area (Å²) in [5, 5.41) is 9.22. The number of benzene rings is 1. The summed E-state index contributed by atoms with van der Waals surface area (Å²) in [4.78, 5) is 1.07. The molecule has 1 N–H and O–H groups in total. The maximum absolute atomic E-state index is 9.22. The van der Waals surface area contributed by atoms with Gasteiger partial charge in [0, 0.05) is 5.56 Å². The third-order valence-corrected chi connectivity index (χ3v) is 3.21. The first kappa shape index (κ1) is 9.37. The quantitative estimate of drug-likeness (QED) is 0.817. The zero-order valence-corrected chi connectivity index (χ0v) is 8.71. The molecule has 0 spiro atoms. The Balaban J connectivity index is 2.52.